The minimum Gasteiger partial charge on any atom is -0.357 e. The highest BCUT2D eigenvalue weighted by atomic mass is 16.2. The van der Waals surface area contributed by atoms with E-state index in [1.54, 1.807) is 12.4 Å². The van der Waals surface area contributed by atoms with Gasteiger partial charge in [0.25, 0.3) is 5.91 Å². The van der Waals surface area contributed by atoms with E-state index in [2.05, 4.69) is 20.1 Å². The normalized spacial score (nSPS) is 21.5. The van der Waals surface area contributed by atoms with Crippen LogP contribution in [0.2, 0.25) is 0 Å². The molecule has 6 heteroatoms. The van der Waals surface area contributed by atoms with Crippen LogP contribution >= 0.6 is 0 Å². The number of carbonyl (C=O) groups excluding carboxylic acids is 1. The van der Waals surface area contributed by atoms with Gasteiger partial charge in [-0.2, -0.15) is 5.10 Å². The number of H-pyrrole nitrogens is 1. The standard InChI is InChI=1S/C20H27N5O/c26-20(25-13-5-6-17(15-25)18-9-10-22-23-18)16-7-8-19(21-14-16)24-11-3-1-2-4-12-24/h7-10,14,17H,1-6,11-13,15H2,(H,22,23)/t17-/m0/s1. The van der Waals surface area contributed by atoms with E-state index in [9.17, 15) is 4.79 Å². The molecule has 0 saturated carbocycles. The first kappa shape index (κ1) is 17.1. The lowest BCUT2D eigenvalue weighted by Crippen LogP contribution is -2.39. The van der Waals surface area contributed by atoms with Crippen molar-refractivity contribution in [1.82, 2.24) is 20.1 Å². The first-order valence-corrected chi connectivity index (χ1v) is 9.81. The number of nitrogens with one attached hydrogen (secondary N) is 1. The van der Waals surface area contributed by atoms with E-state index in [-0.39, 0.29) is 5.91 Å². The lowest BCUT2D eigenvalue weighted by Gasteiger charge is -2.32. The topological polar surface area (TPSA) is 65.1 Å². The molecule has 1 N–H and O–H groups in total. The maximum Gasteiger partial charge on any atom is 0.255 e. The Kier molecular flexibility index (Phi) is 5.18. The summed E-state index contributed by atoms with van der Waals surface area (Å²) in [5.74, 6) is 1.43. The molecule has 0 spiro atoms. The fraction of sp³-hybridized carbons (Fsp3) is 0.550. The smallest absolute Gasteiger partial charge is 0.255 e. The van der Waals surface area contributed by atoms with E-state index in [0.29, 0.717) is 11.5 Å². The number of aromatic nitrogens is 3. The van der Waals surface area contributed by atoms with Gasteiger partial charge in [0.1, 0.15) is 5.82 Å². The zero-order valence-corrected chi connectivity index (χ0v) is 15.2. The fourth-order valence-electron chi connectivity index (χ4n) is 4.09. The minimum absolute atomic E-state index is 0.0872. The van der Waals surface area contributed by atoms with E-state index < -0.39 is 0 Å². The Morgan fingerprint density at radius 1 is 1.04 bits per heavy atom. The van der Waals surface area contributed by atoms with Crippen molar-refractivity contribution in [2.24, 2.45) is 0 Å². The summed E-state index contributed by atoms with van der Waals surface area (Å²) >= 11 is 0. The monoisotopic (exact) mass is 353 g/mol. The van der Waals surface area contributed by atoms with E-state index in [1.807, 2.05) is 23.1 Å². The van der Waals surface area contributed by atoms with Gasteiger partial charge in [0.05, 0.1) is 5.56 Å². The molecular weight excluding hydrogens is 326 g/mol. The molecular formula is C20H27N5O. The van der Waals surface area contributed by atoms with Crippen LogP contribution in [0.4, 0.5) is 5.82 Å². The maximum atomic E-state index is 12.9. The summed E-state index contributed by atoms with van der Waals surface area (Å²) in [5, 5.41) is 7.09. The third-order valence-corrected chi connectivity index (χ3v) is 5.60. The molecule has 2 saturated heterocycles. The summed E-state index contributed by atoms with van der Waals surface area (Å²) in [5.41, 5.74) is 1.81. The second kappa shape index (κ2) is 7.89. The number of rotatable bonds is 3. The highest BCUT2D eigenvalue weighted by Crippen LogP contribution is 2.26. The third kappa shape index (κ3) is 3.74. The molecule has 0 radical (unpaired) electrons. The first-order chi connectivity index (χ1) is 12.8. The molecule has 2 aromatic rings. The van der Waals surface area contributed by atoms with Crippen LogP contribution in [0.1, 0.15) is 60.5 Å². The van der Waals surface area contributed by atoms with Crippen LogP contribution < -0.4 is 4.90 Å². The van der Waals surface area contributed by atoms with Gasteiger partial charge >= 0.3 is 0 Å². The zero-order valence-electron chi connectivity index (χ0n) is 15.2. The van der Waals surface area contributed by atoms with E-state index >= 15 is 0 Å². The molecule has 4 heterocycles. The van der Waals surface area contributed by atoms with Crippen molar-refractivity contribution in [2.45, 2.75) is 44.4 Å². The largest absolute Gasteiger partial charge is 0.357 e. The number of anilines is 1. The van der Waals surface area contributed by atoms with Crippen molar-refractivity contribution in [2.75, 3.05) is 31.1 Å². The Bertz CT molecular complexity index is 704. The van der Waals surface area contributed by atoms with Crippen molar-refractivity contribution in [3.8, 4) is 0 Å². The Labute approximate surface area is 154 Å². The Morgan fingerprint density at radius 3 is 2.58 bits per heavy atom. The molecule has 0 bridgehead atoms. The molecule has 138 valence electrons. The van der Waals surface area contributed by atoms with Gasteiger partial charge in [-0.05, 0) is 43.9 Å². The molecule has 0 aromatic carbocycles. The number of aromatic amines is 1. The molecule has 2 aromatic heterocycles. The second-order valence-corrected chi connectivity index (χ2v) is 7.41. The van der Waals surface area contributed by atoms with Gasteiger partial charge in [0.15, 0.2) is 0 Å². The van der Waals surface area contributed by atoms with Crippen LogP contribution in [0.15, 0.2) is 30.6 Å². The molecule has 0 unspecified atom stereocenters. The van der Waals surface area contributed by atoms with Gasteiger partial charge in [-0.15, -0.1) is 0 Å². The van der Waals surface area contributed by atoms with E-state index in [4.69, 9.17) is 0 Å². The van der Waals surface area contributed by atoms with Crippen LogP contribution in [0.5, 0.6) is 0 Å². The van der Waals surface area contributed by atoms with Crippen LogP contribution in [0, 0.1) is 0 Å². The number of pyridine rings is 1. The summed E-state index contributed by atoms with van der Waals surface area (Å²) in [6, 6.07) is 5.96. The Morgan fingerprint density at radius 2 is 1.88 bits per heavy atom. The molecule has 2 fully saturated rings. The number of piperidine rings is 1. The van der Waals surface area contributed by atoms with Gasteiger partial charge in [0, 0.05) is 50.2 Å². The second-order valence-electron chi connectivity index (χ2n) is 7.41. The minimum atomic E-state index is 0.0872. The number of carbonyl (C=O) groups is 1. The number of hydrogen-bond acceptors (Lipinski definition) is 4. The van der Waals surface area contributed by atoms with Crippen LogP contribution in [-0.4, -0.2) is 52.2 Å². The van der Waals surface area contributed by atoms with Gasteiger partial charge in [0.2, 0.25) is 0 Å². The molecule has 2 aliphatic heterocycles. The average Bonchev–Trinajstić information content (AvgIpc) is 3.10. The van der Waals surface area contributed by atoms with E-state index in [1.165, 1.54) is 25.7 Å². The summed E-state index contributed by atoms with van der Waals surface area (Å²) in [7, 11) is 0. The number of hydrogen-bond donors (Lipinski definition) is 1. The van der Waals surface area contributed by atoms with Gasteiger partial charge in [-0.1, -0.05) is 12.8 Å². The summed E-state index contributed by atoms with van der Waals surface area (Å²) in [6.45, 7) is 3.70. The van der Waals surface area contributed by atoms with Gasteiger partial charge < -0.3 is 9.80 Å². The van der Waals surface area contributed by atoms with Gasteiger partial charge in [-0.25, -0.2) is 4.98 Å². The average molecular weight is 353 g/mol. The first-order valence-electron chi connectivity index (χ1n) is 9.81. The number of likely N-dealkylation sites (tertiary alicyclic amines) is 1. The molecule has 1 atom stereocenters. The summed E-state index contributed by atoms with van der Waals surface area (Å²) in [6.07, 6.45) is 10.7. The Hall–Kier alpha value is -2.37. The van der Waals surface area contributed by atoms with Crippen LogP contribution in [0.3, 0.4) is 0 Å². The molecule has 26 heavy (non-hydrogen) atoms. The predicted octanol–water partition coefficient (Wildman–Crippen LogP) is 3.20. The van der Waals surface area contributed by atoms with Crippen molar-refractivity contribution in [3.63, 3.8) is 0 Å². The quantitative estimate of drug-likeness (QED) is 0.920. The molecule has 6 nitrogen and oxygen atoms in total. The summed E-state index contributed by atoms with van der Waals surface area (Å²) < 4.78 is 0. The molecule has 4 rings (SSSR count). The SMILES string of the molecule is O=C(c1ccc(N2CCCCCC2)nc1)N1CCC[C@H](c2ccn[nH]2)C1. The molecule has 1 amide bonds. The number of nitrogens with zero attached hydrogens (tertiary/aromatic N) is 4. The fourth-order valence-corrected chi connectivity index (χ4v) is 4.09. The third-order valence-electron chi connectivity index (χ3n) is 5.60. The molecule has 2 aliphatic rings. The van der Waals surface area contributed by atoms with Crippen LogP contribution in [-0.2, 0) is 0 Å². The lowest BCUT2D eigenvalue weighted by molar-refractivity contribution is 0.0705. The highest BCUT2D eigenvalue weighted by molar-refractivity contribution is 5.94. The Balaban J connectivity index is 1.42. The molecule has 0 aliphatic carbocycles. The maximum absolute atomic E-state index is 12.9. The van der Waals surface area contributed by atoms with E-state index in [0.717, 1.165) is 50.5 Å². The van der Waals surface area contributed by atoms with Crippen LogP contribution in [0.25, 0.3) is 0 Å². The summed E-state index contributed by atoms with van der Waals surface area (Å²) in [4.78, 5) is 21.8. The highest BCUT2D eigenvalue weighted by Gasteiger charge is 2.26. The predicted molar refractivity (Wildman–Crippen MR) is 101 cm³/mol. The number of amides is 1. The lowest BCUT2D eigenvalue weighted by atomic mass is 9.94. The van der Waals surface area contributed by atoms with Crippen molar-refractivity contribution in [1.29, 1.82) is 0 Å². The van der Waals surface area contributed by atoms with Crippen molar-refractivity contribution >= 4 is 11.7 Å². The zero-order chi connectivity index (χ0) is 17.8. The van der Waals surface area contributed by atoms with Crippen molar-refractivity contribution < 1.29 is 4.79 Å². The van der Waals surface area contributed by atoms with Gasteiger partial charge in [-0.3, -0.25) is 9.89 Å². The van der Waals surface area contributed by atoms with Crippen molar-refractivity contribution in [3.05, 3.63) is 41.9 Å².